The molecule has 1 unspecified atom stereocenters. The molecule has 3 heterocycles. The first kappa shape index (κ1) is 15.6. The Bertz CT molecular complexity index is 611. The second-order valence-corrected chi connectivity index (χ2v) is 7.78. The number of carbonyl (C=O) groups excluding carboxylic acids is 1. The molecule has 1 aliphatic heterocycles. The minimum atomic E-state index is -0.0672. The highest BCUT2D eigenvalue weighted by atomic mass is 32.1. The minimum absolute atomic E-state index is 0.0672. The maximum absolute atomic E-state index is 11.0. The molecule has 1 fully saturated rings. The van der Waals surface area contributed by atoms with Crippen molar-refractivity contribution >= 4 is 33.7 Å². The summed E-state index contributed by atoms with van der Waals surface area (Å²) in [6.45, 7) is 4.69. The first-order chi connectivity index (χ1) is 10.7. The van der Waals surface area contributed by atoms with Crippen molar-refractivity contribution in [2.75, 3.05) is 18.4 Å². The third-order valence-electron chi connectivity index (χ3n) is 3.77. The quantitative estimate of drug-likeness (QED) is 0.912. The number of nitrogens with zero attached hydrogens (tertiary/aromatic N) is 3. The van der Waals surface area contributed by atoms with Gasteiger partial charge in [0.25, 0.3) is 0 Å². The van der Waals surface area contributed by atoms with E-state index in [1.807, 2.05) is 12.4 Å². The normalized spacial score (nSPS) is 19.2. The molecule has 0 radical (unpaired) electrons. The summed E-state index contributed by atoms with van der Waals surface area (Å²) in [6.07, 6.45) is 7.39. The molecule has 22 heavy (non-hydrogen) atoms. The van der Waals surface area contributed by atoms with E-state index in [-0.39, 0.29) is 5.91 Å². The highest BCUT2D eigenvalue weighted by Crippen LogP contribution is 2.25. The molecule has 0 aromatic carbocycles. The number of anilines is 1. The standard InChI is InChI=1S/C15H20N4OS2/c1-11(20)18-15-17-8-13(22-15)10-19-5-2-3-12(9-19)7-14-16-4-6-21-14/h4,6,8,12H,2-3,5,7,9-10H2,1H3,(H,17,18,20). The van der Waals surface area contributed by atoms with Gasteiger partial charge in [-0.2, -0.15) is 0 Å². The summed E-state index contributed by atoms with van der Waals surface area (Å²) in [5.74, 6) is 0.630. The number of carbonyl (C=O) groups is 1. The van der Waals surface area contributed by atoms with Gasteiger partial charge in [-0.3, -0.25) is 9.69 Å². The van der Waals surface area contributed by atoms with Gasteiger partial charge in [0.15, 0.2) is 5.13 Å². The van der Waals surface area contributed by atoms with Gasteiger partial charge in [0, 0.05) is 49.1 Å². The maximum Gasteiger partial charge on any atom is 0.223 e. The van der Waals surface area contributed by atoms with Crippen molar-refractivity contribution in [3.8, 4) is 0 Å². The van der Waals surface area contributed by atoms with Gasteiger partial charge < -0.3 is 5.32 Å². The van der Waals surface area contributed by atoms with Crippen LogP contribution in [0, 0.1) is 5.92 Å². The summed E-state index contributed by atoms with van der Waals surface area (Å²) in [6, 6.07) is 0. The van der Waals surface area contributed by atoms with Gasteiger partial charge in [0.1, 0.15) is 0 Å². The molecule has 1 atom stereocenters. The van der Waals surface area contributed by atoms with E-state index in [2.05, 4.69) is 25.6 Å². The van der Waals surface area contributed by atoms with E-state index in [0.29, 0.717) is 11.0 Å². The number of thiazole rings is 2. The number of piperidine rings is 1. The van der Waals surface area contributed by atoms with Crippen LogP contribution in [0.15, 0.2) is 17.8 Å². The smallest absolute Gasteiger partial charge is 0.223 e. The van der Waals surface area contributed by atoms with Crippen LogP contribution >= 0.6 is 22.7 Å². The lowest BCUT2D eigenvalue weighted by atomic mass is 9.95. The molecule has 0 spiro atoms. The Labute approximate surface area is 138 Å². The molecule has 3 rings (SSSR count). The van der Waals surface area contributed by atoms with Gasteiger partial charge in [0.05, 0.1) is 5.01 Å². The molecule has 1 saturated heterocycles. The van der Waals surface area contributed by atoms with Crippen molar-refractivity contribution in [3.05, 3.63) is 27.7 Å². The Morgan fingerprint density at radius 1 is 1.50 bits per heavy atom. The predicted octanol–water partition coefficient (Wildman–Crippen LogP) is 3.01. The first-order valence-corrected chi connectivity index (χ1v) is 9.21. The topological polar surface area (TPSA) is 58.1 Å². The van der Waals surface area contributed by atoms with Crippen molar-refractivity contribution in [2.45, 2.75) is 32.7 Å². The second-order valence-electron chi connectivity index (χ2n) is 5.69. The van der Waals surface area contributed by atoms with Crippen molar-refractivity contribution in [1.82, 2.24) is 14.9 Å². The summed E-state index contributed by atoms with van der Waals surface area (Å²) in [5.41, 5.74) is 0. The van der Waals surface area contributed by atoms with Crippen LogP contribution in [0.25, 0.3) is 0 Å². The molecule has 1 aliphatic rings. The van der Waals surface area contributed by atoms with Crippen LogP contribution in [0.3, 0.4) is 0 Å². The van der Waals surface area contributed by atoms with Crippen LogP contribution in [-0.4, -0.2) is 33.9 Å². The van der Waals surface area contributed by atoms with Crippen molar-refractivity contribution in [2.24, 2.45) is 5.92 Å². The lowest BCUT2D eigenvalue weighted by Gasteiger charge is -2.31. The Morgan fingerprint density at radius 3 is 3.18 bits per heavy atom. The fourth-order valence-corrected chi connectivity index (χ4v) is 4.51. The van der Waals surface area contributed by atoms with Crippen LogP contribution in [0.4, 0.5) is 5.13 Å². The summed E-state index contributed by atoms with van der Waals surface area (Å²) < 4.78 is 0. The molecular formula is C15H20N4OS2. The zero-order valence-electron chi connectivity index (χ0n) is 12.6. The fraction of sp³-hybridized carbons (Fsp3) is 0.533. The first-order valence-electron chi connectivity index (χ1n) is 7.52. The number of amides is 1. The molecule has 0 bridgehead atoms. The highest BCUT2D eigenvalue weighted by molar-refractivity contribution is 7.15. The second kappa shape index (κ2) is 7.30. The highest BCUT2D eigenvalue weighted by Gasteiger charge is 2.21. The SMILES string of the molecule is CC(=O)Nc1ncc(CN2CCCC(Cc3nccs3)C2)s1. The zero-order valence-corrected chi connectivity index (χ0v) is 14.3. The van der Waals surface area contributed by atoms with Crippen LogP contribution in [0.2, 0.25) is 0 Å². The number of rotatable bonds is 5. The number of hydrogen-bond donors (Lipinski definition) is 1. The molecule has 5 nitrogen and oxygen atoms in total. The van der Waals surface area contributed by atoms with Crippen LogP contribution < -0.4 is 5.32 Å². The lowest BCUT2D eigenvalue weighted by Crippen LogP contribution is -2.35. The number of nitrogens with one attached hydrogen (secondary N) is 1. The van der Waals surface area contributed by atoms with Gasteiger partial charge in [-0.25, -0.2) is 9.97 Å². The maximum atomic E-state index is 11.0. The molecule has 0 saturated carbocycles. The molecule has 1 N–H and O–H groups in total. The van der Waals surface area contributed by atoms with Gasteiger partial charge >= 0.3 is 0 Å². The summed E-state index contributed by atoms with van der Waals surface area (Å²) in [4.78, 5) is 23.4. The van der Waals surface area contributed by atoms with Crippen LogP contribution in [0.1, 0.15) is 29.7 Å². The van der Waals surface area contributed by atoms with E-state index in [9.17, 15) is 4.79 Å². The van der Waals surface area contributed by atoms with Crippen molar-refractivity contribution in [3.63, 3.8) is 0 Å². The summed E-state index contributed by atoms with van der Waals surface area (Å²) >= 11 is 3.32. The summed E-state index contributed by atoms with van der Waals surface area (Å²) in [5, 5.41) is 6.74. The van der Waals surface area contributed by atoms with E-state index >= 15 is 0 Å². The van der Waals surface area contributed by atoms with Gasteiger partial charge in [0.2, 0.25) is 5.91 Å². The average molecular weight is 336 g/mol. The molecule has 2 aromatic rings. The van der Waals surface area contributed by atoms with Gasteiger partial charge in [-0.1, -0.05) is 0 Å². The Hall–Kier alpha value is -1.31. The van der Waals surface area contributed by atoms with E-state index in [0.717, 1.165) is 26.1 Å². The molecule has 1 amide bonds. The van der Waals surface area contributed by atoms with E-state index < -0.39 is 0 Å². The summed E-state index contributed by atoms with van der Waals surface area (Å²) in [7, 11) is 0. The average Bonchev–Trinajstić information content (AvgIpc) is 3.11. The van der Waals surface area contributed by atoms with E-state index in [1.54, 1.807) is 22.7 Å². The van der Waals surface area contributed by atoms with Crippen molar-refractivity contribution < 1.29 is 4.79 Å². The molecule has 118 valence electrons. The third-order valence-corrected chi connectivity index (χ3v) is 5.47. The number of hydrogen-bond acceptors (Lipinski definition) is 6. The van der Waals surface area contributed by atoms with Crippen LogP contribution in [-0.2, 0) is 17.8 Å². The van der Waals surface area contributed by atoms with E-state index in [1.165, 1.54) is 29.7 Å². The monoisotopic (exact) mass is 336 g/mol. The van der Waals surface area contributed by atoms with Crippen molar-refractivity contribution in [1.29, 1.82) is 0 Å². The third kappa shape index (κ3) is 4.34. The fourth-order valence-electron chi connectivity index (χ4n) is 2.87. The number of aromatic nitrogens is 2. The Kier molecular flexibility index (Phi) is 5.17. The van der Waals surface area contributed by atoms with Gasteiger partial charge in [-0.05, 0) is 25.3 Å². The Morgan fingerprint density at radius 2 is 2.41 bits per heavy atom. The molecule has 2 aromatic heterocycles. The van der Waals surface area contributed by atoms with Crippen LogP contribution in [0.5, 0.6) is 0 Å². The molecule has 7 heteroatoms. The molecular weight excluding hydrogens is 316 g/mol. The zero-order chi connectivity index (χ0) is 15.4. The lowest BCUT2D eigenvalue weighted by molar-refractivity contribution is -0.114. The largest absolute Gasteiger partial charge is 0.302 e. The Balaban J connectivity index is 1.53. The van der Waals surface area contributed by atoms with Gasteiger partial charge in [-0.15, -0.1) is 22.7 Å². The van der Waals surface area contributed by atoms with E-state index in [4.69, 9.17) is 0 Å². The molecule has 0 aliphatic carbocycles. The minimum Gasteiger partial charge on any atom is -0.302 e. The number of likely N-dealkylation sites (tertiary alicyclic amines) is 1. The predicted molar refractivity (Wildman–Crippen MR) is 90.2 cm³/mol.